The third kappa shape index (κ3) is 4.69. The van der Waals surface area contributed by atoms with Crippen LogP contribution in [0.5, 0.6) is 0 Å². The van der Waals surface area contributed by atoms with Gasteiger partial charge in [-0.25, -0.2) is 4.79 Å². The van der Waals surface area contributed by atoms with E-state index in [0.717, 1.165) is 12.8 Å². The number of esters is 2. The molecule has 0 aromatic carbocycles. The average molecular weight is 403 g/mol. The molecule has 0 spiro atoms. The number of anilines is 1. The molecule has 2 aromatic rings. The number of amides is 1. The zero-order valence-corrected chi connectivity index (χ0v) is 16.3. The Bertz CT molecular complexity index is 867. The molecule has 2 aromatic heterocycles. The Balaban J connectivity index is 1.67. The molecule has 1 aliphatic carbocycles. The number of carbonyl (C=O) groups is 3. The van der Waals surface area contributed by atoms with E-state index in [2.05, 4.69) is 5.32 Å². The molecule has 0 radical (unpaired) electrons. The maximum absolute atomic E-state index is 12.4. The highest BCUT2D eigenvalue weighted by Crippen LogP contribution is 2.36. The number of rotatable bonds is 7. The predicted molar refractivity (Wildman–Crippen MR) is 104 cm³/mol. The molecule has 0 fully saturated rings. The second-order valence-electron chi connectivity index (χ2n) is 6.19. The van der Waals surface area contributed by atoms with Crippen LogP contribution in [0.1, 0.15) is 36.5 Å². The molecule has 3 rings (SSSR count). The first kappa shape index (κ1) is 19.9. The lowest BCUT2D eigenvalue weighted by Gasteiger charge is -2.16. The maximum Gasteiger partial charge on any atom is 0.341 e. The molecule has 8 heteroatoms. The zero-order chi connectivity index (χ0) is 19.9. The predicted octanol–water partition coefficient (Wildman–Crippen LogP) is 4.02. The molecule has 1 N–H and O–H groups in total. The normalized spacial score (nSPS) is 15.8. The maximum atomic E-state index is 12.4. The summed E-state index contributed by atoms with van der Waals surface area (Å²) in [5, 5.41) is 4.67. The molecular weight excluding hydrogens is 382 g/mol. The minimum absolute atomic E-state index is 0.201. The van der Waals surface area contributed by atoms with Crippen LogP contribution < -0.4 is 5.32 Å². The van der Waals surface area contributed by atoms with Gasteiger partial charge >= 0.3 is 11.9 Å². The largest absolute Gasteiger partial charge is 0.464 e. The van der Waals surface area contributed by atoms with Crippen LogP contribution in [0, 0.1) is 5.92 Å². The highest BCUT2D eigenvalue weighted by molar-refractivity contribution is 7.15. The van der Waals surface area contributed by atoms with Gasteiger partial charge in [0.05, 0.1) is 18.8 Å². The second kappa shape index (κ2) is 9.36. The van der Waals surface area contributed by atoms with Gasteiger partial charge in [0.15, 0.2) is 6.61 Å². The molecule has 7 nitrogen and oxygen atoms in total. The number of hydrogen-bond donors (Lipinski definition) is 1. The molecule has 0 bridgehead atoms. The fourth-order valence-electron chi connectivity index (χ4n) is 2.89. The van der Waals surface area contributed by atoms with E-state index in [4.69, 9.17) is 13.9 Å². The van der Waals surface area contributed by atoms with Crippen molar-refractivity contribution >= 4 is 34.2 Å². The van der Waals surface area contributed by atoms with Gasteiger partial charge in [-0.05, 0) is 38.3 Å². The Morgan fingerprint density at radius 1 is 1.29 bits per heavy atom. The third-order valence-electron chi connectivity index (χ3n) is 4.26. The number of nitrogens with one attached hydrogen (secondary N) is 1. The van der Waals surface area contributed by atoms with E-state index in [1.807, 2.05) is 12.2 Å². The van der Waals surface area contributed by atoms with Crippen LogP contribution >= 0.6 is 11.3 Å². The Labute approximate surface area is 166 Å². The van der Waals surface area contributed by atoms with Crippen LogP contribution in [-0.4, -0.2) is 31.1 Å². The van der Waals surface area contributed by atoms with Crippen molar-refractivity contribution < 1.29 is 28.3 Å². The number of hydrogen-bond acceptors (Lipinski definition) is 7. The minimum atomic E-state index is -0.559. The van der Waals surface area contributed by atoms with Crippen molar-refractivity contribution in [2.24, 2.45) is 5.92 Å². The lowest BCUT2D eigenvalue weighted by Crippen LogP contribution is -2.25. The van der Waals surface area contributed by atoms with Crippen LogP contribution in [0.4, 0.5) is 5.00 Å². The average Bonchev–Trinajstić information content (AvgIpc) is 3.36. The van der Waals surface area contributed by atoms with Crippen LogP contribution in [0.2, 0.25) is 0 Å². The third-order valence-corrected chi connectivity index (χ3v) is 5.15. The smallest absolute Gasteiger partial charge is 0.341 e. The van der Waals surface area contributed by atoms with E-state index in [0.29, 0.717) is 22.7 Å². The van der Waals surface area contributed by atoms with Crippen molar-refractivity contribution in [3.8, 4) is 11.3 Å². The van der Waals surface area contributed by atoms with Gasteiger partial charge in [-0.15, -0.1) is 11.3 Å². The van der Waals surface area contributed by atoms with Crippen molar-refractivity contribution in [2.45, 2.75) is 26.2 Å². The molecule has 1 atom stereocenters. The van der Waals surface area contributed by atoms with Crippen molar-refractivity contribution in [3.05, 3.63) is 41.5 Å². The van der Waals surface area contributed by atoms with Crippen LogP contribution in [0.25, 0.3) is 11.3 Å². The molecule has 148 valence electrons. The van der Waals surface area contributed by atoms with Gasteiger partial charge in [0.1, 0.15) is 16.3 Å². The second-order valence-corrected chi connectivity index (χ2v) is 7.07. The zero-order valence-electron chi connectivity index (χ0n) is 15.4. The first-order chi connectivity index (χ1) is 13.6. The molecule has 0 saturated carbocycles. The van der Waals surface area contributed by atoms with Gasteiger partial charge in [0, 0.05) is 10.9 Å². The van der Waals surface area contributed by atoms with E-state index in [9.17, 15) is 14.4 Å². The summed E-state index contributed by atoms with van der Waals surface area (Å²) < 4.78 is 15.6. The number of allylic oxidation sites excluding steroid dienone is 2. The lowest BCUT2D eigenvalue weighted by atomic mass is 9.95. The van der Waals surface area contributed by atoms with E-state index < -0.39 is 18.5 Å². The summed E-state index contributed by atoms with van der Waals surface area (Å²) in [5.41, 5.74) is 0.758. The van der Waals surface area contributed by atoms with Gasteiger partial charge in [-0.2, -0.15) is 0 Å². The number of ether oxygens (including phenoxy) is 2. The van der Waals surface area contributed by atoms with Gasteiger partial charge in [-0.3, -0.25) is 9.59 Å². The molecule has 0 saturated heterocycles. The highest BCUT2D eigenvalue weighted by atomic mass is 32.1. The number of thiophene rings is 1. The Hall–Kier alpha value is -2.87. The van der Waals surface area contributed by atoms with Crippen molar-refractivity contribution in [1.82, 2.24) is 0 Å². The van der Waals surface area contributed by atoms with Crippen molar-refractivity contribution in [3.63, 3.8) is 0 Å². The standard InChI is InChI=1S/C20H21NO6S/c1-2-25-20(24)17-14(15-9-6-10-26-15)12-28-18(17)21-16(22)11-27-19(23)13-7-4-3-5-8-13/h3-4,6,9-10,12-13H,2,5,7-8,11H2,1H3,(H,21,22)/t13-/m0/s1. The van der Waals surface area contributed by atoms with E-state index in [-0.39, 0.29) is 24.1 Å². The minimum Gasteiger partial charge on any atom is -0.464 e. The van der Waals surface area contributed by atoms with Gasteiger partial charge in [-0.1, -0.05) is 12.2 Å². The molecule has 2 heterocycles. The summed E-state index contributed by atoms with van der Waals surface area (Å²) >= 11 is 1.18. The monoisotopic (exact) mass is 403 g/mol. The Kier molecular flexibility index (Phi) is 6.65. The fraction of sp³-hybridized carbons (Fsp3) is 0.350. The number of furan rings is 1. The highest BCUT2D eigenvalue weighted by Gasteiger charge is 2.25. The van der Waals surface area contributed by atoms with Crippen LogP contribution in [0.15, 0.2) is 40.3 Å². The Morgan fingerprint density at radius 3 is 2.82 bits per heavy atom. The van der Waals surface area contributed by atoms with E-state index >= 15 is 0 Å². The van der Waals surface area contributed by atoms with E-state index in [1.165, 1.54) is 17.6 Å². The Morgan fingerprint density at radius 2 is 2.14 bits per heavy atom. The number of carbonyl (C=O) groups excluding carboxylic acids is 3. The quantitative estimate of drug-likeness (QED) is 0.554. The van der Waals surface area contributed by atoms with Crippen LogP contribution in [-0.2, 0) is 19.1 Å². The summed E-state index contributed by atoms with van der Waals surface area (Å²) in [7, 11) is 0. The topological polar surface area (TPSA) is 94.8 Å². The summed E-state index contributed by atoms with van der Waals surface area (Å²) in [6.07, 6.45) is 7.66. The molecule has 0 unspecified atom stereocenters. The molecular formula is C20H21NO6S. The van der Waals surface area contributed by atoms with Crippen molar-refractivity contribution in [1.29, 1.82) is 0 Å². The van der Waals surface area contributed by atoms with Gasteiger partial charge in [0.2, 0.25) is 0 Å². The van der Waals surface area contributed by atoms with E-state index in [1.54, 1.807) is 24.4 Å². The molecule has 1 amide bonds. The molecule has 0 aliphatic heterocycles. The first-order valence-corrected chi connectivity index (χ1v) is 9.92. The fourth-order valence-corrected chi connectivity index (χ4v) is 3.85. The lowest BCUT2D eigenvalue weighted by molar-refractivity contribution is -0.151. The molecule has 1 aliphatic rings. The first-order valence-electron chi connectivity index (χ1n) is 9.04. The molecule has 28 heavy (non-hydrogen) atoms. The van der Waals surface area contributed by atoms with Gasteiger partial charge < -0.3 is 19.2 Å². The summed E-state index contributed by atoms with van der Waals surface area (Å²) in [4.78, 5) is 36.7. The van der Waals surface area contributed by atoms with Crippen LogP contribution in [0.3, 0.4) is 0 Å². The SMILES string of the molecule is CCOC(=O)c1c(-c2ccco2)csc1NC(=O)COC(=O)[C@H]1CC=CCC1. The van der Waals surface area contributed by atoms with Crippen molar-refractivity contribution in [2.75, 3.05) is 18.5 Å². The summed E-state index contributed by atoms with van der Waals surface area (Å²) in [6, 6.07) is 3.43. The summed E-state index contributed by atoms with van der Waals surface area (Å²) in [6.45, 7) is 1.50. The van der Waals surface area contributed by atoms with Gasteiger partial charge in [0.25, 0.3) is 5.91 Å². The summed E-state index contributed by atoms with van der Waals surface area (Å²) in [5.74, 6) is -1.17.